The van der Waals surface area contributed by atoms with Gasteiger partial charge in [-0.3, -0.25) is 14.8 Å². The highest BCUT2D eigenvalue weighted by Gasteiger charge is 2.35. The third-order valence-corrected chi connectivity index (χ3v) is 4.33. The zero-order valence-electron chi connectivity index (χ0n) is 13.2. The Labute approximate surface area is 145 Å². The Morgan fingerprint density at radius 3 is 2.92 bits per heavy atom. The first-order chi connectivity index (χ1) is 11.2. The number of H-pyrrole nitrogens is 1. The summed E-state index contributed by atoms with van der Waals surface area (Å²) in [6, 6.07) is 7.71. The van der Waals surface area contributed by atoms with Crippen LogP contribution in [-0.4, -0.2) is 38.7 Å². The summed E-state index contributed by atoms with van der Waals surface area (Å²) in [5.74, 6) is 0.469. The molecular weight excluding hydrogens is 328 g/mol. The number of rotatable bonds is 3. The Morgan fingerprint density at radius 1 is 1.33 bits per heavy atom. The maximum absolute atomic E-state index is 12.6. The molecule has 0 radical (unpaired) electrons. The van der Waals surface area contributed by atoms with Crippen molar-refractivity contribution in [2.24, 2.45) is 13.0 Å². The van der Waals surface area contributed by atoms with Crippen molar-refractivity contribution in [3.63, 3.8) is 0 Å². The van der Waals surface area contributed by atoms with E-state index in [1.807, 2.05) is 43.7 Å². The van der Waals surface area contributed by atoms with Gasteiger partial charge in [0.1, 0.15) is 0 Å². The highest BCUT2D eigenvalue weighted by molar-refractivity contribution is 5.93. The number of aryl methyl sites for hydroxylation is 1. The van der Waals surface area contributed by atoms with E-state index in [1.54, 1.807) is 4.68 Å². The highest BCUT2D eigenvalue weighted by atomic mass is 35.5. The molecule has 2 aromatic heterocycles. The summed E-state index contributed by atoms with van der Waals surface area (Å²) in [6.45, 7) is 1.44. The van der Waals surface area contributed by atoms with Crippen molar-refractivity contribution in [3.8, 4) is 0 Å². The minimum Gasteiger partial charge on any atom is -0.324 e. The number of para-hydroxylation sites is 2. The Kier molecular flexibility index (Phi) is 4.55. The smallest absolute Gasteiger partial charge is 0.231 e. The molecule has 3 aromatic rings. The summed E-state index contributed by atoms with van der Waals surface area (Å²) in [5, 5.41) is 10.4. The molecule has 0 saturated carbocycles. The van der Waals surface area contributed by atoms with Crippen LogP contribution in [0.2, 0.25) is 0 Å². The normalized spacial score (nSPS) is 20.0. The number of carbonyl (C=O) groups is 1. The second kappa shape index (κ2) is 6.62. The van der Waals surface area contributed by atoms with E-state index in [0.29, 0.717) is 12.5 Å². The van der Waals surface area contributed by atoms with Crippen molar-refractivity contribution in [1.29, 1.82) is 0 Å². The van der Waals surface area contributed by atoms with Crippen molar-refractivity contribution in [2.75, 3.05) is 18.4 Å². The molecule has 24 heavy (non-hydrogen) atoms. The Balaban J connectivity index is 0.00000169. The first-order valence-electron chi connectivity index (χ1n) is 7.65. The SMILES string of the molecule is Cl.Cn1cc([C@H]2CNC[C@@H]2C(=O)Nc2nc3ccccc3[nH]2)cn1. The number of imidazole rings is 1. The number of hydrogen-bond donors (Lipinski definition) is 3. The van der Waals surface area contributed by atoms with Crippen LogP contribution in [-0.2, 0) is 11.8 Å². The molecule has 3 heterocycles. The molecule has 4 rings (SSSR count). The number of hydrogen-bond acceptors (Lipinski definition) is 4. The second-order valence-electron chi connectivity index (χ2n) is 5.91. The van der Waals surface area contributed by atoms with Crippen molar-refractivity contribution in [2.45, 2.75) is 5.92 Å². The molecule has 1 amide bonds. The minimum absolute atomic E-state index is 0. The van der Waals surface area contributed by atoms with Gasteiger partial charge in [0.2, 0.25) is 11.9 Å². The summed E-state index contributed by atoms with van der Waals surface area (Å²) >= 11 is 0. The highest BCUT2D eigenvalue weighted by Crippen LogP contribution is 2.28. The molecule has 0 spiro atoms. The Hall–Kier alpha value is -2.38. The summed E-state index contributed by atoms with van der Waals surface area (Å²) in [4.78, 5) is 20.2. The molecule has 0 aliphatic carbocycles. The van der Waals surface area contributed by atoms with E-state index in [9.17, 15) is 4.79 Å². The lowest BCUT2D eigenvalue weighted by atomic mass is 9.90. The molecule has 1 fully saturated rings. The van der Waals surface area contributed by atoms with Gasteiger partial charge in [-0.2, -0.15) is 5.10 Å². The van der Waals surface area contributed by atoms with E-state index in [2.05, 4.69) is 25.7 Å². The Morgan fingerprint density at radius 2 is 2.17 bits per heavy atom. The van der Waals surface area contributed by atoms with Crippen LogP contribution in [0, 0.1) is 5.92 Å². The van der Waals surface area contributed by atoms with Gasteiger partial charge in [-0.1, -0.05) is 12.1 Å². The summed E-state index contributed by atoms with van der Waals surface area (Å²) in [6.07, 6.45) is 3.80. The fourth-order valence-electron chi connectivity index (χ4n) is 3.16. The monoisotopic (exact) mass is 346 g/mol. The van der Waals surface area contributed by atoms with Crippen LogP contribution >= 0.6 is 12.4 Å². The quantitative estimate of drug-likeness (QED) is 0.673. The van der Waals surface area contributed by atoms with Gasteiger partial charge in [-0.25, -0.2) is 4.98 Å². The molecule has 126 valence electrons. The number of nitrogens with zero attached hydrogens (tertiary/aromatic N) is 3. The number of carbonyl (C=O) groups excluding carboxylic acids is 1. The van der Waals surface area contributed by atoms with Crippen LogP contribution in [0.25, 0.3) is 11.0 Å². The number of halogens is 1. The molecule has 2 atom stereocenters. The first-order valence-corrected chi connectivity index (χ1v) is 7.65. The van der Waals surface area contributed by atoms with Gasteiger partial charge in [0, 0.05) is 32.3 Å². The maximum Gasteiger partial charge on any atom is 0.231 e. The van der Waals surface area contributed by atoms with Crippen LogP contribution < -0.4 is 10.6 Å². The largest absolute Gasteiger partial charge is 0.324 e. The predicted octanol–water partition coefficient (Wildman–Crippen LogP) is 1.66. The second-order valence-corrected chi connectivity index (χ2v) is 5.91. The van der Waals surface area contributed by atoms with Crippen LogP contribution in [0.1, 0.15) is 11.5 Å². The van der Waals surface area contributed by atoms with E-state index >= 15 is 0 Å². The fourth-order valence-corrected chi connectivity index (χ4v) is 3.16. The molecule has 7 nitrogen and oxygen atoms in total. The lowest BCUT2D eigenvalue weighted by molar-refractivity contribution is -0.119. The van der Waals surface area contributed by atoms with Gasteiger partial charge in [-0.15, -0.1) is 12.4 Å². The van der Waals surface area contributed by atoms with E-state index in [-0.39, 0.29) is 30.2 Å². The summed E-state index contributed by atoms with van der Waals surface area (Å²) in [5.41, 5.74) is 2.84. The molecule has 0 bridgehead atoms. The molecular formula is C16H19ClN6O. The van der Waals surface area contributed by atoms with Crippen LogP contribution in [0.15, 0.2) is 36.7 Å². The van der Waals surface area contributed by atoms with Gasteiger partial charge in [0.25, 0.3) is 0 Å². The van der Waals surface area contributed by atoms with Gasteiger partial charge in [0.05, 0.1) is 23.1 Å². The van der Waals surface area contributed by atoms with E-state index < -0.39 is 0 Å². The van der Waals surface area contributed by atoms with Crippen molar-refractivity contribution < 1.29 is 4.79 Å². The topological polar surface area (TPSA) is 87.6 Å². The molecule has 1 aliphatic rings. The zero-order chi connectivity index (χ0) is 15.8. The zero-order valence-corrected chi connectivity index (χ0v) is 14.0. The number of aromatic nitrogens is 4. The minimum atomic E-state index is -0.132. The third-order valence-electron chi connectivity index (χ3n) is 4.33. The van der Waals surface area contributed by atoms with E-state index in [0.717, 1.165) is 23.1 Å². The summed E-state index contributed by atoms with van der Waals surface area (Å²) in [7, 11) is 1.88. The molecule has 1 aliphatic heterocycles. The number of nitrogens with one attached hydrogen (secondary N) is 3. The number of fused-ring (bicyclic) bond motifs is 1. The number of anilines is 1. The van der Waals surface area contributed by atoms with Gasteiger partial charge >= 0.3 is 0 Å². The average Bonchev–Trinajstić information content (AvgIpc) is 3.24. The molecule has 1 saturated heterocycles. The van der Waals surface area contributed by atoms with Crippen LogP contribution in [0.4, 0.5) is 5.95 Å². The molecule has 8 heteroatoms. The fraction of sp³-hybridized carbons (Fsp3) is 0.312. The van der Waals surface area contributed by atoms with Crippen molar-refractivity contribution in [3.05, 3.63) is 42.2 Å². The van der Waals surface area contributed by atoms with Crippen molar-refractivity contribution >= 4 is 35.3 Å². The molecule has 0 unspecified atom stereocenters. The molecule has 3 N–H and O–H groups in total. The molecule has 1 aromatic carbocycles. The number of benzene rings is 1. The average molecular weight is 347 g/mol. The lowest BCUT2D eigenvalue weighted by Crippen LogP contribution is -2.28. The number of aromatic amines is 1. The van der Waals surface area contributed by atoms with E-state index in [1.165, 1.54) is 0 Å². The van der Waals surface area contributed by atoms with Gasteiger partial charge in [0.15, 0.2) is 0 Å². The lowest BCUT2D eigenvalue weighted by Gasteiger charge is -2.15. The van der Waals surface area contributed by atoms with Crippen LogP contribution in [0.3, 0.4) is 0 Å². The Bertz CT molecular complexity index is 824. The predicted molar refractivity (Wildman–Crippen MR) is 94.3 cm³/mol. The van der Waals surface area contributed by atoms with Gasteiger partial charge < -0.3 is 10.3 Å². The number of amides is 1. The third kappa shape index (κ3) is 3.00. The van der Waals surface area contributed by atoms with Crippen LogP contribution in [0.5, 0.6) is 0 Å². The van der Waals surface area contributed by atoms with Gasteiger partial charge in [-0.05, 0) is 17.7 Å². The van der Waals surface area contributed by atoms with Crippen molar-refractivity contribution in [1.82, 2.24) is 25.1 Å². The summed E-state index contributed by atoms with van der Waals surface area (Å²) < 4.78 is 1.77. The standard InChI is InChI=1S/C16H18N6O.ClH/c1-22-9-10(6-18-22)11-7-17-8-12(11)15(23)21-16-19-13-4-2-3-5-14(13)20-16;/h2-6,9,11-12,17H,7-8H2,1H3,(H2,19,20,21,23);1H/t11-,12+;/m1./s1. The first kappa shape index (κ1) is 16.5. The van der Waals surface area contributed by atoms with E-state index in [4.69, 9.17) is 0 Å². The maximum atomic E-state index is 12.6.